The number of nitrogens with zero attached hydrogens (tertiary/aromatic N) is 4. The number of hydrazone groups is 1. The molecule has 3 rings (SSSR count). The van der Waals surface area contributed by atoms with E-state index < -0.39 is 5.92 Å². The summed E-state index contributed by atoms with van der Waals surface area (Å²) in [4.78, 5) is 33.2. The summed E-state index contributed by atoms with van der Waals surface area (Å²) in [5, 5.41) is 5.62. The van der Waals surface area contributed by atoms with E-state index in [4.69, 9.17) is 0 Å². The number of hydrogen-bond acceptors (Lipinski definition) is 5. The van der Waals surface area contributed by atoms with Crippen LogP contribution in [-0.4, -0.2) is 27.4 Å². The number of aryl methyl sites for hydroxylation is 2. The predicted molar refractivity (Wildman–Crippen MR) is 86.4 cm³/mol. The summed E-state index contributed by atoms with van der Waals surface area (Å²) in [6.45, 7) is 5.54. The second-order valence-corrected chi connectivity index (χ2v) is 5.57. The molecule has 2 heterocycles. The predicted octanol–water partition coefficient (Wildman–Crippen LogP) is 2.32. The van der Waals surface area contributed by atoms with Gasteiger partial charge in [-0.05, 0) is 38.0 Å². The molecular weight excluding hydrogens is 292 g/mol. The van der Waals surface area contributed by atoms with Crippen molar-refractivity contribution in [3.05, 3.63) is 53.6 Å². The van der Waals surface area contributed by atoms with E-state index in [1.54, 1.807) is 6.92 Å². The molecule has 1 aromatic carbocycles. The molecule has 0 saturated carbocycles. The minimum Gasteiger partial charge on any atom is -0.291 e. The Morgan fingerprint density at radius 2 is 1.96 bits per heavy atom. The summed E-state index contributed by atoms with van der Waals surface area (Å²) in [5.41, 5.74) is 3.28. The molecule has 6 nitrogen and oxygen atoms in total. The van der Waals surface area contributed by atoms with Gasteiger partial charge in [-0.2, -0.15) is 10.1 Å². The third kappa shape index (κ3) is 2.63. The van der Waals surface area contributed by atoms with E-state index in [9.17, 15) is 9.59 Å². The lowest BCUT2D eigenvalue weighted by molar-refractivity contribution is -0.118. The topological polar surface area (TPSA) is 75.5 Å². The van der Waals surface area contributed by atoms with Crippen molar-refractivity contribution in [3.63, 3.8) is 0 Å². The van der Waals surface area contributed by atoms with Crippen molar-refractivity contribution in [2.24, 2.45) is 11.0 Å². The molecule has 1 aliphatic rings. The Morgan fingerprint density at radius 3 is 2.65 bits per heavy atom. The van der Waals surface area contributed by atoms with Crippen LogP contribution in [0.5, 0.6) is 0 Å². The molecule has 6 heteroatoms. The van der Waals surface area contributed by atoms with Gasteiger partial charge in [0.05, 0.1) is 17.6 Å². The van der Waals surface area contributed by atoms with Crippen LogP contribution >= 0.6 is 0 Å². The third-order valence-corrected chi connectivity index (χ3v) is 3.80. The number of aromatic nitrogens is 2. The number of amides is 1. The molecule has 0 bridgehead atoms. The average Bonchev–Trinajstić information content (AvgIpc) is 2.84. The second kappa shape index (κ2) is 5.72. The number of Topliss-reactive ketones (excluding diaryl/α,β-unsaturated/α-hetero) is 1. The number of rotatable bonds is 3. The second-order valence-electron chi connectivity index (χ2n) is 5.57. The fourth-order valence-corrected chi connectivity index (χ4v) is 2.56. The van der Waals surface area contributed by atoms with Crippen LogP contribution in [0.4, 0.5) is 5.69 Å². The highest BCUT2D eigenvalue weighted by atomic mass is 16.2. The molecule has 1 unspecified atom stereocenters. The van der Waals surface area contributed by atoms with Crippen molar-refractivity contribution >= 4 is 23.1 Å². The van der Waals surface area contributed by atoms with Gasteiger partial charge in [-0.25, -0.2) is 4.98 Å². The summed E-state index contributed by atoms with van der Waals surface area (Å²) in [5.74, 6) is -1.67. The van der Waals surface area contributed by atoms with Crippen LogP contribution in [0.1, 0.15) is 28.5 Å². The van der Waals surface area contributed by atoms with Crippen LogP contribution in [0.25, 0.3) is 0 Å². The zero-order valence-electron chi connectivity index (χ0n) is 13.1. The molecule has 0 aliphatic carbocycles. The molecule has 1 atom stereocenters. The number of ketones is 1. The highest BCUT2D eigenvalue weighted by Crippen LogP contribution is 2.29. The summed E-state index contributed by atoms with van der Waals surface area (Å²) in [6, 6.07) is 5.79. The van der Waals surface area contributed by atoms with E-state index in [0.29, 0.717) is 11.4 Å². The van der Waals surface area contributed by atoms with Gasteiger partial charge in [0, 0.05) is 12.4 Å². The molecule has 1 amide bonds. The van der Waals surface area contributed by atoms with Gasteiger partial charge in [-0.3, -0.25) is 14.6 Å². The Hall–Kier alpha value is -2.89. The minimum atomic E-state index is -0.938. The standard InChI is InChI=1S/C17H16N4O2/c1-10-4-5-11(2)14(8-10)21-17(23)15(12(3)20-21)16(22)13-9-18-6-7-19-13/h4-9,15H,1-3H3. The first-order chi connectivity index (χ1) is 11.0. The van der Waals surface area contributed by atoms with E-state index in [2.05, 4.69) is 15.1 Å². The zero-order valence-corrected chi connectivity index (χ0v) is 13.1. The molecule has 0 N–H and O–H groups in total. The van der Waals surface area contributed by atoms with Crippen molar-refractivity contribution in [1.82, 2.24) is 9.97 Å². The molecule has 0 fully saturated rings. The Bertz CT molecular complexity index is 815. The smallest absolute Gasteiger partial charge is 0.264 e. The van der Waals surface area contributed by atoms with Gasteiger partial charge >= 0.3 is 0 Å². The maximum Gasteiger partial charge on any atom is 0.264 e. The first kappa shape index (κ1) is 15.0. The Labute approximate surface area is 133 Å². The third-order valence-electron chi connectivity index (χ3n) is 3.80. The summed E-state index contributed by atoms with van der Waals surface area (Å²) in [6.07, 6.45) is 4.28. The van der Waals surface area contributed by atoms with Crippen molar-refractivity contribution in [2.45, 2.75) is 20.8 Å². The number of carbonyl (C=O) groups is 2. The molecule has 1 aromatic heterocycles. The van der Waals surface area contributed by atoms with Crippen LogP contribution in [0.2, 0.25) is 0 Å². The number of anilines is 1. The average molecular weight is 308 g/mol. The van der Waals surface area contributed by atoms with E-state index in [1.807, 2.05) is 32.0 Å². The van der Waals surface area contributed by atoms with Gasteiger partial charge in [0.15, 0.2) is 0 Å². The maximum absolute atomic E-state index is 12.7. The first-order valence-electron chi connectivity index (χ1n) is 7.25. The van der Waals surface area contributed by atoms with Gasteiger partial charge < -0.3 is 0 Å². The highest BCUT2D eigenvalue weighted by molar-refractivity contribution is 6.30. The largest absolute Gasteiger partial charge is 0.291 e. The summed E-state index contributed by atoms with van der Waals surface area (Å²) < 4.78 is 0. The molecule has 116 valence electrons. The quantitative estimate of drug-likeness (QED) is 0.644. The Morgan fingerprint density at radius 1 is 1.17 bits per heavy atom. The Kier molecular flexibility index (Phi) is 3.73. The maximum atomic E-state index is 12.7. The molecule has 1 aliphatic heterocycles. The van der Waals surface area contributed by atoms with Gasteiger partial charge in [-0.1, -0.05) is 12.1 Å². The SMILES string of the molecule is CC1=NN(c2cc(C)ccc2C)C(=O)C1C(=O)c1cnccn1. The lowest BCUT2D eigenvalue weighted by Gasteiger charge is -2.16. The number of hydrogen-bond donors (Lipinski definition) is 0. The fraction of sp³-hybridized carbons (Fsp3) is 0.235. The van der Waals surface area contributed by atoms with E-state index in [-0.39, 0.29) is 17.4 Å². The molecule has 0 spiro atoms. The van der Waals surface area contributed by atoms with Crippen LogP contribution in [0, 0.1) is 19.8 Å². The normalized spacial score (nSPS) is 17.3. The van der Waals surface area contributed by atoms with Crippen molar-refractivity contribution in [2.75, 3.05) is 5.01 Å². The van der Waals surface area contributed by atoms with Crippen LogP contribution in [0.3, 0.4) is 0 Å². The van der Waals surface area contributed by atoms with Gasteiger partial charge in [-0.15, -0.1) is 0 Å². The molecular formula is C17H16N4O2. The van der Waals surface area contributed by atoms with Crippen LogP contribution in [0.15, 0.2) is 41.9 Å². The molecule has 0 radical (unpaired) electrons. The Balaban J connectivity index is 1.96. The van der Waals surface area contributed by atoms with E-state index >= 15 is 0 Å². The van der Waals surface area contributed by atoms with Gasteiger partial charge in [0.1, 0.15) is 11.6 Å². The zero-order chi connectivity index (χ0) is 16.6. The lowest BCUT2D eigenvalue weighted by Crippen LogP contribution is -2.33. The van der Waals surface area contributed by atoms with Crippen molar-refractivity contribution < 1.29 is 9.59 Å². The van der Waals surface area contributed by atoms with Crippen molar-refractivity contribution in [1.29, 1.82) is 0 Å². The molecule has 2 aromatic rings. The van der Waals surface area contributed by atoms with Gasteiger partial charge in [0.2, 0.25) is 5.78 Å². The molecule has 23 heavy (non-hydrogen) atoms. The summed E-state index contributed by atoms with van der Waals surface area (Å²) in [7, 11) is 0. The van der Waals surface area contributed by atoms with Crippen LogP contribution in [-0.2, 0) is 4.79 Å². The summed E-state index contributed by atoms with van der Waals surface area (Å²) >= 11 is 0. The van der Waals surface area contributed by atoms with Crippen LogP contribution < -0.4 is 5.01 Å². The number of carbonyl (C=O) groups excluding carboxylic acids is 2. The van der Waals surface area contributed by atoms with E-state index in [0.717, 1.165) is 11.1 Å². The minimum absolute atomic E-state index is 0.170. The first-order valence-corrected chi connectivity index (χ1v) is 7.25. The molecule has 0 saturated heterocycles. The van der Waals surface area contributed by atoms with E-state index in [1.165, 1.54) is 23.6 Å². The lowest BCUT2D eigenvalue weighted by atomic mass is 9.97. The van der Waals surface area contributed by atoms with Crippen molar-refractivity contribution in [3.8, 4) is 0 Å². The number of benzene rings is 1. The monoisotopic (exact) mass is 308 g/mol. The van der Waals surface area contributed by atoms with Gasteiger partial charge in [0.25, 0.3) is 5.91 Å². The highest BCUT2D eigenvalue weighted by Gasteiger charge is 2.41. The fourth-order valence-electron chi connectivity index (χ4n) is 2.56.